The van der Waals surface area contributed by atoms with Crippen LogP contribution in [0.25, 0.3) is 0 Å². The van der Waals surface area contributed by atoms with Gasteiger partial charge in [0.15, 0.2) is 0 Å². The molecule has 0 saturated heterocycles. The van der Waals surface area contributed by atoms with Crippen LogP contribution in [0.2, 0.25) is 0 Å². The minimum absolute atomic E-state index is 0.102. The molecule has 0 aliphatic rings. The monoisotopic (exact) mass is 226 g/mol. The molecule has 0 aliphatic heterocycles. The number of esters is 1. The molecule has 16 heavy (non-hydrogen) atoms. The zero-order valence-corrected chi connectivity index (χ0v) is 8.80. The highest BCUT2D eigenvalue weighted by Crippen LogP contribution is 2.06. The highest BCUT2D eigenvalue weighted by atomic mass is 16.6. The van der Waals surface area contributed by atoms with Crippen molar-refractivity contribution in [2.24, 2.45) is 7.05 Å². The maximum Gasteiger partial charge on any atom is 0.343 e. The fourth-order valence-corrected chi connectivity index (χ4v) is 1.17. The first-order chi connectivity index (χ1) is 7.47. The molecular formula is C9H10N2O5. The maximum atomic E-state index is 11.5. The number of nitro groups is 1. The summed E-state index contributed by atoms with van der Waals surface area (Å²) < 4.78 is 5.89. The molecule has 0 bridgehead atoms. The molecule has 1 rings (SSSR count). The van der Waals surface area contributed by atoms with Crippen LogP contribution in [0.5, 0.6) is 0 Å². The summed E-state index contributed by atoms with van der Waals surface area (Å²) in [5.41, 5.74) is -1.91. The van der Waals surface area contributed by atoms with E-state index in [2.05, 4.69) is 4.74 Å². The molecule has 1 heterocycles. The predicted molar refractivity (Wildman–Crippen MR) is 54.3 cm³/mol. The second kappa shape index (κ2) is 4.56. The zero-order valence-electron chi connectivity index (χ0n) is 8.80. The SMILES string of the molecule is CCOC(=O)c1cn(C)cc([N+](=O)[O-])c1=O. The Balaban J connectivity index is 3.35. The average molecular weight is 226 g/mol. The van der Waals surface area contributed by atoms with E-state index >= 15 is 0 Å². The Morgan fingerprint density at radius 3 is 2.69 bits per heavy atom. The van der Waals surface area contributed by atoms with Gasteiger partial charge in [0.2, 0.25) is 0 Å². The van der Waals surface area contributed by atoms with Crippen LogP contribution in [0.1, 0.15) is 17.3 Å². The van der Waals surface area contributed by atoms with Crippen LogP contribution < -0.4 is 5.43 Å². The molecule has 0 unspecified atom stereocenters. The second-order valence-electron chi connectivity index (χ2n) is 3.03. The highest BCUT2D eigenvalue weighted by Gasteiger charge is 2.21. The summed E-state index contributed by atoms with van der Waals surface area (Å²) in [7, 11) is 1.48. The van der Waals surface area contributed by atoms with Crippen LogP contribution >= 0.6 is 0 Å². The van der Waals surface area contributed by atoms with Crippen molar-refractivity contribution in [3.8, 4) is 0 Å². The zero-order chi connectivity index (χ0) is 12.3. The first-order valence-electron chi connectivity index (χ1n) is 4.49. The number of carbonyl (C=O) groups excluding carboxylic acids is 1. The molecule has 0 fully saturated rings. The van der Waals surface area contributed by atoms with Crippen molar-refractivity contribution in [1.82, 2.24) is 4.57 Å². The topological polar surface area (TPSA) is 91.4 Å². The maximum absolute atomic E-state index is 11.5. The molecule has 1 aromatic heterocycles. The van der Waals surface area contributed by atoms with E-state index in [0.717, 1.165) is 6.20 Å². The quantitative estimate of drug-likeness (QED) is 0.424. The van der Waals surface area contributed by atoms with Crippen molar-refractivity contribution in [2.75, 3.05) is 6.61 Å². The third-order valence-electron chi connectivity index (χ3n) is 1.83. The third kappa shape index (κ3) is 2.25. The first-order valence-corrected chi connectivity index (χ1v) is 4.49. The molecule has 0 atom stereocenters. The summed E-state index contributed by atoms with van der Waals surface area (Å²) in [5, 5.41) is 10.5. The van der Waals surface area contributed by atoms with Gasteiger partial charge < -0.3 is 9.30 Å². The van der Waals surface area contributed by atoms with Crippen molar-refractivity contribution < 1.29 is 14.5 Å². The van der Waals surface area contributed by atoms with Crippen molar-refractivity contribution in [3.63, 3.8) is 0 Å². The molecule has 7 heteroatoms. The van der Waals surface area contributed by atoms with Gasteiger partial charge in [0.25, 0.3) is 5.43 Å². The fraction of sp³-hybridized carbons (Fsp3) is 0.333. The normalized spacial score (nSPS) is 9.88. The number of hydrogen-bond acceptors (Lipinski definition) is 5. The van der Waals surface area contributed by atoms with E-state index in [0.29, 0.717) is 0 Å². The Kier molecular flexibility index (Phi) is 3.39. The molecule has 0 aliphatic carbocycles. The van der Waals surface area contributed by atoms with Gasteiger partial charge >= 0.3 is 11.7 Å². The largest absolute Gasteiger partial charge is 0.462 e. The molecule has 7 nitrogen and oxygen atoms in total. The van der Waals surface area contributed by atoms with Gasteiger partial charge in [0, 0.05) is 13.2 Å². The molecule has 0 amide bonds. The van der Waals surface area contributed by atoms with Crippen molar-refractivity contribution in [1.29, 1.82) is 0 Å². The number of aromatic nitrogens is 1. The molecule has 0 radical (unpaired) electrons. The molecule has 1 aromatic rings. The Labute approximate surface area is 90.4 Å². The van der Waals surface area contributed by atoms with Gasteiger partial charge in [-0.2, -0.15) is 0 Å². The van der Waals surface area contributed by atoms with Crippen molar-refractivity contribution >= 4 is 11.7 Å². The predicted octanol–water partition coefficient (Wildman–Crippen LogP) is 0.470. The number of hydrogen-bond donors (Lipinski definition) is 0. The Bertz CT molecular complexity index is 491. The van der Waals surface area contributed by atoms with Gasteiger partial charge in [0.1, 0.15) is 5.56 Å². The highest BCUT2D eigenvalue weighted by molar-refractivity contribution is 5.89. The number of pyridine rings is 1. The average Bonchev–Trinajstić information content (AvgIpc) is 2.20. The molecule has 0 aromatic carbocycles. The van der Waals surface area contributed by atoms with Gasteiger partial charge in [-0.25, -0.2) is 4.79 Å². The van der Waals surface area contributed by atoms with E-state index in [1.54, 1.807) is 6.92 Å². The third-order valence-corrected chi connectivity index (χ3v) is 1.83. The summed E-state index contributed by atoms with van der Waals surface area (Å²) in [5.74, 6) is -0.855. The van der Waals surface area contributed by atoms with Crippen LogP contribution in [0, 0.1) is 10.1 Å². The van der Waals surface area contributed by atoms with Gasteiger partial charge in [-0.3, -0.25) is 14.9 Å². The van der Waals surface area contributed by atoms with E-state index in [1.807, 2.05) is 0 Å². The summed E-state index contributed by atoms with van der Waals surface area (Å²) in [6.07, 6.45) is 2.25. The number of ether oxygens (including phenoxy) is 1. The van der Waals surface area contributed by atoms with Crippen LogP contribution in [0.4, 0.5) is 5.69 Å². The molecule has 0 saturated carbocycles. The van der Waals surface area contributed by atoms with Crippen LogP contribution in [-0.2, 0) is 11.8 Å². The number of nitrogens with zero attached hydrogens (tertiary/aromatic N) is 2. The number of aryl methyl sites for hydroxylation is 1. The first kappa shape index (κ1) is 11.9. The minimum Gasteiger partial charge on any atom is -0.462 e. The Morgan fingerprint density at radius 1 is 1.56 bits per heavy atom. The Hall–Kier alpha value is -2.18. The molecular weight excluding hydrogens is 216 g/mol. The lowest BCUT2D eigenvalue weighted by Gasteiger charge is -2.03. The smallest absolute Gasteiger partial charge is 0.343 e. The minimum atomic E-state index is -0.929. The second-order valence-corrected chi connectivity index (χ2v) is 3.03. The summed E-state index contributed by atoms with van der Waals surface area (Å²) in [6.45, 7) is 1.68. The van der Waals surface area contributed by atoms with Gasteiger partial charge in [-0.15, -0.1) is 0 Å². The van der Waals surface area contributed by atoms with E-state index in [4.69, 9.17) is 0 Å². The van der Waals surface area contributed by atoms with E-state index < -0.39 is 22.0 Å². The lowest BCUT2D eigenvalue weighted by Crippen LogP contribution is -2.21. The summed E-state index contributed by atoms with van der Waals surface area (Å²) in [4.78, 5) is 32.6. The molecule has 86 valence electrons. The summed E-state index contributed by atoms with van der Waals surface area (Å²) in [6, 6.07) is 0. The summed E-state index contributed by atoms with van der Waals surface area (Å²) >= 11 is 0. The van der Waals surface area contributed by atoms with Crippen molar-refractivity contribution in [3.05, 3.63) is 38.3 Å². The van der Waals surface area contributed by atoms with E-state index in [1.165, 1.54) is 17.8 Å². The van der Waals surface area contributed by atoms with Crippen LogP contribution in [-0.4, -0.2) is 22.1 Å². The van der Waals surface area contributed by atoms with Crippen molar-refractivity contribution in [2.45, 2.75) is 6.92 Å². The van der Waals surface area contributed by atoms with Gasteiger partial charge in [0.05, 0.1) is 17.7 Å². The van der Waals surface area contributed by atoms with E-state index in [-0.39, 0.29) is 12.2 Å². The van der Waals surface area contributed by atoms with E-state index in [9.17, 15) is 19.7 Å². The van der Waals surface area contributed by atoms with Crippen LogP contribution in [0.3, 0.4) is 0 Å². The fourth-order valence-electron chi connectivity index (χ4n) is 1.17. The van der Waals surface area contributed by atoms with Gasteiger partial charge in [-0.05, 0) is 6.92 Å². The number of carbonyl (C=O) groups is 1. The lowest BCUT2D eigenvalue weighted by molar-refractivity contribution is -0.386. The van der Waals surface area contributed by atoms with Gasteiger partial charge in [-0.1, -0.05) is 0 Å². The lowest BCUT2D eigenvalue weighted by atomic mass is 10.2. The Morgan fingerprint density at radius 2 is 2.19 bits per heavy atom. The number of rotatable bonds is 3. The molecule has 0 N–H and O–H groups in total. The van der Waals surface area contributed by atoms with Crippen LogP contribution in [0.15, 0.2) is 17.2 Å². The standard InChI is InChI=1S/C9H10N2O5/c1-3-16-9(13)6-4-10(2)5-7(8(6)12)11(14)15/h4-5H,3H2,1-2H3. The molecule has 0 spiro atoms.